The molecule has 0 spiro atoms. The average Bonchev–Trinajstić information content (AvgIpc) is 2.48. The summed E-state index contributed by atoms with van der Waals surface area (Å²) in [4.78, 5) is 22.4. The van der Waals surface area contributed by atoms with E-state index in [0.717, 1.165) is 18.9 Å². The normalized spacial score (nSPS) is 15.3. The summed E-state index contributed by atoms with van der Waals surface area (Å²) >= 11 is 0. The van der Waals surface area contributed by atoms with Gasteiger partial charge in [-0.1, -0.05) is 0 Å². The van der Waals surface area contributed by atoms with Gasteiger partial charge in [-0.05, 0) is 19.3 Å². The van der Waals surface area contributed by atoms with Crippen LogP contribution in [0.5, 0.6) is 0 Å². The summed E-state index contributed by atoms with van der Waals surface area (Å²) in [5.74, 6) is 0.642. The molecule has 6 heteroatoms. The van der Waals surface area contributed by atoms with E-state index in [-0.39, 0.29) is 5.91 Å². The molecule has 104 valence electrons. The number of aromatic nitrogens is 2. The number of hydrogen-bond acceptors (Lipinski definition) is 5. The largest absolute Gasteiger partial charge is 0.383 e. The van der Waals surface area contributed by atoms with E-state index >= 15 is 0 Å². The Balaban J connectivity index is 1.91. The van der Waals surface area contributed by atoms with Crippen molar-refractivity contribution in [1.29, 1.82) is 0 Å². The summed E-state index contributed by atoms with van der Waals surface area (Å²) in [7, 11) is 1.60. The van der Waals surface area contributed by atoms with Crippen LogP contribution in [0, 0.1) is 0 Å². The summed E-state index contributed by atoms with van der Waals surface area (Å²) in [6, 6.07) is 0. The molecule has 0 atom stereocenters. The minimum absolute atomic E-state index is 0.213. The number of piperidine rings is 1. The number of hydrogen-bond donors (Lipinski definition) is 1. The first-order chi connectivity index (χ1) is 9.31. The molecule has 1 N–H and O–H groups in total. The number of carbonyl (C=O) groups excluding carboxylic acids is 1. The van der Waals surface area contributed by atoms with Crippen LogP contribution >= 0.6 is 0 Å². The van der Waals surface area contributed by atoms with Crippen LogP contribution in [0.3, 0.4) is 0 Å². The fourth-order valence-electron chi connectivity index (χ4n) is 2.08. The van der Waals surface area contributed by atoms with Gasteiger partial charge in [0.05, 0.1) is 19.0 Å². The predicted molar refractivity (Wildman–Crippen MR) is 72.3 cm³/mol. The van der Waals surface area contributed by atoms with Gasteiger partial charge < -0.3 is 15.0 Å². The number of carbonyl (C=O) groups is 1. The maximum absolute atomic E-state index is 11.7. The predicted octanol–water partition coefficient (Wildman–Crippen LogP) is 0.843. The number of nitrogens with zero attached hydrogens (tertiary/aromatic N) is 3. The number of rotatable bonds is 5. The maximum atomic E-state index is 11.7. The zero-order chi connectivity index (χ0) is 13.5. The van der Waals surface area contributed by atoms with Crippen molar-refractivity contribution in [2.75, 3.05) is 38.3 Å². The van der Waals surface area contributed by atoms with E-state index in [1.54, 1.807) is 13.3 Å². The van der Waals surface area contributed by atoms with Crippen LogP contribution in [0.4, 0.5) is 5.82 Å². The molecule has 0 aromatic carbocycles. The molecule has 6 nitrogen and oxygen atoms in total. The molecule has 19 heavy (non-hydrogen) atoms. The highest BCUT2D eigenvalue weighted by atomic mass is 16.5. The number of ether oxygens (including phenoxy) is 1. The van der Waals surface area contributed by atoms with Gasteiger partial charge >= 0.3 is 0 Å². The van der Waals surface area contributed by atoms with E-state index in [9.17, 15) is 4.79 Å². The van der Waals surface area contributed by atoms with E-state index in [2.05, 4.69) is 20.2 Å². The first kappa shape index (κ1) is 13.7. The Morgan fingerprint density at radius 1 is 1.32 bits per heavy atom. The summed E-state index contributed by atoms with van der Waals surface area (Å²) in [6.07, 6.45) is 6.88. The summed E-state index contributed by atoms with van der Waals surface area (Å²) in [5, 5.41) is 2.72. The third-order valence-electron chi connectivity index (χ3n) is 3.14. The number of anilines is 1. The molecule has 1 fully saturated rings. The van der Waals surface area contributed by atoms with Gasteiger partial charge in [-0.25, -0.2) is 9.97 Å². The average molecular weight is 264 g/mol. The second-order valence-electron chi connectivity index (χ2n) is 4.56. The van der Waals surface area contributed by atoms with Crippen molar-refractivity contribution in [3.05, 3.63) is 18.1 Å². The molecule has 1 aliphatic rings. The van der Waals surface area contributed by atoms with E-state index < -0.39 is 0 Å². The van der Waals surface area contributed by atoms with Crippen LogP contribution in [0.1, 0.15) is 29.8 Å². The van der Waals surface area contributed by atoms with Crippen molar-refractivity contribution in [1.82, 2.24) is 15.3 Å². The number of amides is 1. The molecule has 1 aromatic rings. The van der Waals surface area contributed by atoms with Crippen LogP contribution in [-0.2, 0) is 4.74 Å². The molecule has 1 amide bonds. The van der Waals surface area contributed by atoms with E-state index in [0.29, 0.717) is 18.8 Å². The topological polar surface area (TPSA) is 67.3 Å². The molecule has 0 bridgehead atoms. The number of methoxy groups -OCH3 is 1. The lowest BCUT2D eigenvalue weighted by Gasteiger charge is -2.27. The summed E-state index contributed by atoms with van der Waals surface area (Å²) in [6.45, 7) is 3.01. The quantitative estimate of drug-likeness (QED) is 0.798. The molecule has 1 aliphatic heterocycles. The zero-order valence-electron chi connectivity index (χ0n) is 11.3. The lowest BCUT2D eigenvalue weighted by molar-refractivity contribution is 0.0932. The Morgan fingerprint density at radius 2 is 2.11 bits per heavy atom. The van der Waals surface area contributed by atoms with Crippen molar-refractivity contribution in [2.45, 2.75) is 19.3 Å². The van der Waals surface area contributed by atoms with Crippen molar-refractivity contribution in [3.8, 4) is 0 Å². The Morgan fingerprint density at radius 3 is 2.74 bits per heavy atom. The van der Waals surface area contributed by atoms with Gasteiger partial charge in [-0.15, -0.1) is 0 Å². The second kappa shape index (κ2) is 7.04. The third-order valence-corrected chi connectivity index (χ3v) is 3.14. The minimum atomic E-state index is -0.213. The highest BCUT2D eigenvalue weighted by molar-refractivity contribution is 5.91. The van der Waals surface area contributed by atoms with Crippen LogP contribution in [0.15, 0.2) is 12.4 Å². The second-order valence-corrected chi connectivity index (χ2v) is 4.56. The van der Waals surface area contributed by atoms with Gasteiger partial charge in [0.1, 0.15) is 11.5 Å². The molecule has 1 saturated heterocycles. The summed E-state index contributed by atoms with van der Waals surface area (Å²) in [5.41, 5.74) is 0.344. The Kier molecular flexibility index (Phi) is 5.09. The molecule has 2 heterocycles. The van der Waals surface area contributed by atoms with Gasteiger partial charge in [0, 0.05) is 26.7 Å². The molecular formula is C13H20N4O2. The van der Waals surface area contributed by atoms with E-state index in [1.165, 1.54) is 25.5 Å². The van der Waals surface area contributed by atoms with Crippen molar-refractivity contribution in [2.24, 2.45) is 0 Å². The van der Waals surface area contributed by atoms with Gasteiger partial charge in [-0.3, -0.25) is 4.79 Å². The van der Waals surface area contributed by atoms with Gasteiger partial charge in [0.15, 0.2) is 0 Å². The maximum Gasteiger partial charge on any atom is 0.271 e. The van der Waals surface area contributed by atoms with Gasteiger partial charge in [-0.2, -0.15) is 0 Å². The van der Waals surface area contributed by atoms with Crippen LogP contribution in [-0.4, -0.2) is 49.2 Å². The molecule has 0 saturated carbocycles. The Hall–Kier alpha value is -1.69. The number of nitrogens with one attached hydrogen (secondary N) is 1. The smallest absolute Gasteiger partial charge is 0.271 e. The molecule has 2 rings (SSSR count). The monoisotopic (exact) mass is 264 g/mol. The third kappa shape index (κ3) is 3.89. The van der Waals surface area contributed by atoms with Crippen molar-refractivity contribution >= 4 is 11.7 Å². The molecule has 0 unspecified atom stereocenters. The Labute approximate surface area is 113 Å². The van der Waals surface area contributed by atoms with Gasteiger partial charge in [0.2, 0.25) is 0 Å². The standard InChI is InChI=1S/C13H20N4O2/c1-19-8-5-14-13(18)11-9-16-12(10-15-11)17-6-3-2-4-7-17/h9-10H,2-8H2,1H3,(H,14,18). The highest BCUT2D eigenvalue weighted by Crippen LogP contribution is 2.16. The molecular weight excluding hydrogens is 244 g/mol. The van der Waals surface area contributed by atoms with E-state index in [1.807, 2.05) is 0 Å². The highest BCUT2D eigenvalue weighted by Gasteiger charge is 2.13. The lowest BCUT2D eigenvalue weighted by Crippen LogP contribution is -2.31. The molecule has 0 radical (unpaired) electrons. The van der Waals surface area contributed by atoms with Crippen LogP contribution in [0.2, 0.25) is 0 Å². The fraction of sp³-hybridized carbons (Fsp3) is 0.615. The SMILES string of the molecule is COCCNC(=O)c1cnc(N2CCCCC2)cn1. The van der Waals surface area contributed by atoms with Crippen LogP contribution in [0.25, 0.3) is 0 Å². The first-order valence-corrected chi connectivity index (χ1v) is 6.65. The van der Waals surface area contributed by atoms with Crippen molar-refractivity contribution in [3.63, 3.8) is 0 Å². The summed E-state index contributed by atoms with van der Waals surface area (Å²) < 4.78 is 4.87. The molecule has 1 aromatic heterocycles. The minimum Gasteiger partial charge on any atom is -0.383 e. The van der Waals surface area contributed by atoms with Crippen molar-refractivity contribution < 1.29 is 9.53 Å². The lowest BCUT2D eigenvalue weighted by atomic mass is 10.1. The van der Waals surface area contributed by atoms with Gasteiger partial charge in [0.25, 0.3) is 5.91 Å². The first-order valence-electron chi connectivity index (χ1n) is 6.65. The van der Waals surface area contributed by atoms with E-state index in [4.69, 9.17) is 4.74 Å². The zero-order valence-corrected chi connectivity index (χ0v) is 11.3. The van der Waals surface area contributed by atoms with Crippen LogP contribution < -0.4 is 10.2 Å². The Bertz CT molecular complexity index is 402. The molecule has 0 aliphatic carbocycles. The fourth-order valence-corrected chi connectivity index (χ4v) is 2.08.